The van der Waals surface area contributed by atoms with Crippen LogP contribution in [0.25, 0.3) is 10.9 Å². The van der Waals surface area contributed by atoms with Gasteiger partial charge in [0.25, 0.3) is 0 Å². The van der Waals surface area contributed by atoms with Crippen LogP contribution in [0.1, 0.15) is 43.9 Å². The number of benzene rings is 1. The number of halogens is 1. The van der Waals surface area contributed by atoms with E-state index in [2.05, 4.69) is 17.2 Å². The van der Waals surface area contributed by atoms with E-state index in [1.807, 2.05) is 6.92 Å². The van der Waals surface area contributed by atoms with Gasteiger partial charge in [-0.2, -0.15) is 0 Å². The molecule has 5 heteroatoms. The number of carboxylic acid groups (broad SMARTS) is 1. The van der Waals surface area contributed by atoms with Gasteiger partial charge in [-0.05, 0) is 43.9 Å². The zero-order chi connectivity index (χ0) is 17.3. The number of fused-ring (bicyclic) bond motifs is 1. The monoisotopic (exact) mass is 330 g/mol. The van der Waals surface area contributed by atoms with E-state index in [9.17, 15) is 14.3 Å². The van der Waals surface area contributed by atoms with E-state index in [0.29, 0.717) is 28.1 Å². The Balaban J connectivity index is 2.12. The molecule has 1 aromatic carbocycles. The average Bonchev–Trinajstić information content (AvgIpc) is 2.53. The van der Waals surface area contributed by atoms with Crippen LogP contribution in [-0.2, 0) is 11.2 Å². The molecule has 0 amide bonds. The van der Waals surface area contributed by atoms with E-state index in [4.69, 9.17) is 0 Å². The molecule has 0 radical (unpaired) electrons. The standard InChI is InChI=1S/C19H23FN2O2/c1-11-5-3-4-6-16(11)22-19-14(10-18(23)24)12(2)21-17-8-7-13(20)9-15(17)19/h7-9,11,16H,3-6,10H2,1-2H3,(H,21,22)(H,23,24). The van der Waals surface area contributed by atoms with Crippen molar-refractivity contribution in [3.8, 4) is 0 Å². The summed E-state index contributed by atoms with van der Waals surface area (Å²) in [4.78, 5) is 15.8. The summed E-state index contributed by atoms with van der Waals surface area (Å²) < 4.78 is 13.8. The molecule has 128 valence electrons. The fourth-order valence-electron chi connectivity index (χ4n) is 3.65. The first-order valence-corrected chi connectivity index (χ1v) is 8.52. The summed E-state index contributed by atoms with van der Waals surface area (Å²) in [7, 11) is 0. The number of aryl methyl sites for hydroxylation is 1. The highest BCUT2D eigenvalue weighted by molar-refractivity contribution is 5.95. The number of rotatable bonds is 4. The van der Waals surface area contributed by atoms with Gasteiger partial charge < -0.3 is 10.4 Å². The molecular formula is C19H23FN2O2. The van der Waals surface area contributed by atoms with Crippen LogP contribution in [0.5, 0.6) is 0 Å². The van der Waals surface area contributed by atoms with Crippen LogP contribution in [0, 0.1) is 18.7 Å². The third-order valence-corrected chi connectivity index (χ3v) is 5.02. The lowest BCUT2D eigenvalue weighted by Crippen LogP contribution is -2.31. The van der Waals surface area contributed by atoms with Gasteiger partial charge in [-0.15, -0.1) is 0 Å². The Kier molecular flexibility index (Phi) is 4.69. The Hall–Kier alpha value is -2.17. The number of carboxylic acids is 1. The SMILES string of the molecule is Cc1nc2ccc(F)cc2c(NC2CCCCC2C)c1CC(=O)O. The van der Waals surface area contributed by atoms with Crippen molar-refractivity contribution < 1.29 is 14.3 Å². The van der Waals surface area contributed by atoms with Crippen molar-refractivity contribution in [2.45, 2.75) is 52.0 Å². The summed E-state index contributed by atoms with van der Waals surface area (Å²) in [5, 5.41) is 13.5. The molecule has 4 nitrogen and oxygen atoms in total. The summed E-state index contributed by atoms with van der Waals surface area (Å²) in [5.74, 6) is -0.738. The Morgan fingerprint density at radius 1 is 1.38 bits per heavy atom. The minimum absolute atomic E-state index is 0.116. The number of pyridine rings is 1. The normalized spacial score (nSPS) is 21.0. The van der Waals surface area contributed by atoms with Crippen LogP contribution < -0.4 is 5.32 Å². The molecule has 1 fully saturated rings. The van der Waals surface area contributed by atoms with Crippen LogP contribution in [0.3, 0.4) is 0 Å². The van der Waals surface area contributed by atoms with Crippen molar-refractivity contribution in [2.24, 2.45) is 5.92 Å². The minimum atomic E-state index is -0.907. The van der Waals surface area contributed by atoms with Crippen molar-refractivity contribution in [3.05, 3.63) is 35.3 Å². The van der Waals surface area contributed by atoms with Gasteiger partial charge in [-0.3, -0.25) is 9.78 Å². The smallest absolute Gasteiger partial charge is 0.307 e. The molecule has 1 saturated carbocycles. The van der Waals surface area contributed by atoms with E-state index in [0.717, 1.165) is 24.9 Å². The molecule has 2 unspecified atom stereocenters. The van der Waals surface area contributed by atoms with E-state index in [1.54, 1.807) is 6.07 Å². The minimum Gasteiger partial charge on any atom is -0.481 e. The molecule has 1 aromatic heterocycles. The zero-order valence-electron chi connectivity index (χ0n) is 14.1. The molecule has 2 atom stereocenters. The van der Waals surface area contributed by atoms with Gasteiger partial charge in [0.15, 0.2) is 0 Å². The first kappa shape index (κ1) is 16.7. The summed E-state index contributed by atoms with van der Waals surface area (Å²) in [6, 6.07) is 4.76. The van der Waals surface area contributed by atoms with Crippen molar-refractivity contribution >= 4 is 22.6 Å². The number of aliphatic carboxylic acids is 1. The van der Waals surface area contributed by atoms with Crippen LogP contribution in [0.2, 0.25) is 0 Å². The molecule has 1 aliphatic rings. The fraction of sp³-hybridized carbons (Fsp3) is 0.474. The van der Waals surface area contributed by atoms with Crippen LogP contribution >= 0.6 is 0 Å². The maximum Gasteiger partial charge on any atom is 0.307 e. The predicted octanol–water partition coefficient (Wildman–Crippen LogP) is 4.30. The number of aromatic nitrogens is 1. The van der Waals surface area contributed by atoms with Crippen LogP contribution in [-0.4, -0.2) is 22.1 Å². The van der Waals surface area contributed by atoms with Gasteiger partial charge in [0.1, 0.15) is 5.82 Å². The van der Waals surface area contributed by atoms with Gasteiger partial charge in [0, 0.05) is 28.4 Å². The second-order valence-electron chi connectivity index (χ2n) is 6.80. The predicted molar refractivity (Wildman–Crippen MR) is 92.8 cm³/mol. The van der Waals surface area contributed by atoms with Crippen LogP contribution in [0.4, 0.5) is 10.1 Å². The summed E-state index contributed by atoms with van der Waals surface area (Å²) in [6.45, 7) is 4.03. The van der Waals surface area contributed by atoms with Gasteiger partial charge in [-0.25, -0.2) is 4.39 Å². The average molecular weight is 330 g/mol. The lowest BCUT2D eigenvalue weighted by Gasteiger charge is -2.31. The lowest BCUT2D eigenvalue weighted by molar-refractivity contribution is -0.136. The maximum atomic E-state index is 13.8. The number of nitrogens with one attached hydrogen (secondary N) is 1. The van der Waals surface area contributed by atoms with Crippen molar-refractivity contribution in [3.63, 3.8) is 0 Å². The Bertz CT molecular complexity index is 776. The Morgan fingerprint density at radius 3 is 2.83 bits per heavy atom. The molecular weight excluding hydrogens is 307 g/mol. The molecule has 0 saturated heterocycles. The van der Waals surface area contributed by atoms with Gasteiger partial charge in [0.2, 0.25) is 0 Å². The Labute approximate surface area is 141 Å². The summed E-state index contributed by atoms with van der Waals surface area (Å²) in [6.07, 6.45) is 4.47. The highest BCUT2D eigenvalue weighted by atomic mass is 19.1. The van der Waals surface area contributed by atoms with E-state index in [1.165, 1.54) is 18.6 Å². The third kappa shape index (κ3) is 3.35. The summed E-state index contributed by atoms with van der Waals surface area (Å²) in [5.41, 5.74) is 2.76. The molecule has 2 N–H and O–H groups in total. The lowest BCUT2D eigenvalue weighted by atomic mass is 9.85. The largest absolute Gasteiger partial charge is 0.481 e. The molecule has 3 rings (SSSR count). The van der Waals surface area contributed by atoms with Gasteiger partial charge >= 0.3 is 5.97 Å². The molecule has 0 bridgehead atoms. The third-order valence-electron chi connectivity index (χ3n) is 5.02. The number of hydrogen-bond donors (Lipinski definition) is 2. The number of anilines is 1. The van der Waals surface area contributed by atoms with E-state index in [-0.39, 0.29) is 18.3 Å². The molecule has 0 spiro atoms. The second kappa shape index (κ2) is 6.75. The van der Waals surface area contributed by atoms with Crippen LogP contribution in [0.15, 0.2) is 18.2 Å². The maximum absolute atomic E-state index is 13.8. The van der Waals surface area contributed by atoms with Gasteiger partial charge in [0.05, 0.1) is 11.9 Å². The van der Waals surface area contributed by atoms with Gasteiger partial charge in [-0.1, -0.05) is 19.8 Å². The van der Waals surface area contributed by atoms with E-state index < -0.39 is 5.97 Å². The zero-order valence-corrected chi connectivity index (χ0v) is 14.1. The second-order valence-corrected chi connectivity index (χ2v) is 6.80. The molecule has 1 aliphatic carbocycles. The summed E-state index contributed by atoms with van der Waals surface area (Å²) >= 11 is 0. The van der Waals surface area contributed by atoms with Crippen molar-refractivity contribution in [2.75, 3.05) is 5.32 Å². The molecule has 24 heavy (non-hydrogen) atoms. The number of hydrogen-bond acceptors (Lipinski definition) is 3. The topological polar surface area (TPSA) is 62.2 Å². The highest BCUT2D eigenvalue weighted by Crippen LogP contribution is 2.34. The quantitative estimate of drug-likeness (QED) is 0.877. The fourth-order valence-corrected chi connectivity index (χ4v) is 3.65. The Morgan fingerprint density at radius 2 is 2.12 bits per heavy atom. The number of carbonyl (C=O) groups is 1. The highest BCUT2D eigenvalue weighted by Gasteiger charge is 2.24. The number of nitrogens with zero attached hydrogens (tertiary/aromatic N) is 1. The molecule has 0 aliphatic heterocycles. The first-order chi connectivity index (χ1) is 11.5. The van der Waals surface area contributed by atoms with E-state index >= 15 is 0 Å². The van der Waals surface area contributed by atoms with Crippen molar-refractivity contribution in [1.82, 2.24) is 4.98 Å². The molecule has 1 heterocycles. The van der Waals surface area contributed by atoms with Crippen molar-refractivity contribution in [1.29, 1.82) is 0 Å². The first-order valence-electron chi connectivity index (χ1n) is 8.52. The molecule has 2 aromatic rings.